The number of carbonyl (C=O) groups is 3. The zero-order valence-electron chi connectivity index (χ0n) is 13.5. The number of aromatic nitrogens is 1. The molecule has 0 saturated carbocycles. The van der Waals surface area contributed by atoms with Gasteiger partial charge >= 0.3 is 0 Å². The summed E-state index contributed by atoms with van der Waals surface area (Å²) in [5.74, 6) is -4.97. The number of nitrogens with zero attached hydrogens (tertiary/aromatic N) is 2. The molecule has 1 aliphatic heterocycles. The molecule has 1 aliphatic rings. The summed E-state index contributed by atoms with van der Waals surface area (Å²) in [6, 6.07) is 8.38. The van der Waals surface area contributed by atoms with Crippen molar-refractivity contribution in [1.29, 1.82) is 0 Å². The molecule has 1 aromatic heterocycles. The van der Waals surface area contributed by atoms with Crippen LogP contribution in [0.2, 0.25) is 0 Å². The molecule has 3 rings (SSSR count). The lowest BCUT2D eigenvalue weighted by Crippen LogP contribution is -2.31. The van der Waals surface area contributed by atoms with Gasteiger partial charge in [-0.1, -0.05) is 23.5 Å². The molecular weight excluding hydrogens is 398 g/mol. The molecule has 0 radical (unpaired) electrons. The fourth-order valence-electron chi connectivity index (χ4n) is 2.52. The van der Waals surface area contributed by atoms with Crippen LogP contribution in [0.1, 0.15) is 16.8 Å². The normalized spacial score (nSPS) is 17.0. The minimum absolute atomic E-state index is 0.0918. The molecule has 2 amide bonds. The van der Waals surface area contributed by atoms with E-state index in [0.717, 1.165) is 16.7 Å². The van der Waals surface area contributed by atoms with Gasteiger partial charge in [-0.3, -0.25) is 9.59 Å². The third-order valence-corrected chi connectivity index (χ3v) is 5.59. The second-order valence-electron chi connectivity index (χ2n) is 5.39. The highest BCUT2D eigenvalue weighted by Crippen LogP contribution is 2.35. The van der Waals surface area contributed by atoms with E-state index in [1.165, 1.54) is 42.6 Å². The van der Waals surface area contributed by atoms with Crippen LogP contribution in [0.3, 0.4) is 0 Å². The molecule has 1 fully saturated rings. The molecule has 0 spiro atoms. The number of rotatable bonds is 6. The first kappa shape index (κ1) is 19.3. The molecule has 0 N–H and O–H groups in total. The van der Waals surface area contributed by atoms with Crippen LogP contribution in [-0.4, -0.2) is 33.8 Å². The maximum Gasteiger partial charge on any atom is 0.288 e. The fourth-order valence-corrected chi connectivity index (χ4v) is 4.12. The predicted molar refractivity (Wildman–Crippen MR) is 93.6 cm³/mol. The van der Waals surface area contributed by atoms with Crippen molar-refractivity contribution in [3.63, 3.8) is 0 Å². The van der Waals surface area contributed by atoms with Gasteiger partial charge in [0.15, 0.2) is 0 Å². The summed E-state index contributed by atoms with van der Waals surface area (Å²) in [5, 5.41) is 10.4. The number of alkyl halides is 2. The van der Waals surface area contributed by atoms with Crippen LogP contribution in [0, 0.1) is 0 Å². The number of imide groups is 1. The van der Waals surface area contributed by atoms with Gasteiger partial charge in [-0.05, 0) is 36.4 Å². The van der Waals surface area contributed by atoms with Crippen LogP contribution in [0.4, 0.5) is 14.5 Å². The Balaban J connectivity index is 1.78. The molecule has 0 aliphatic carbocycles. The van der Waals surface area contributed by atoms with Crippen molar-refractivity contribution in [2.75, 3.05) is 4.90 Å². The van der Waals surface area contributed by atoms with Crippen molar-refractivity contribution >= 4 is 47.0 Å². The zero-order valence-corrected chi connectivity index (χ0v) is 15.1. The van der Waals surface area contributed by atoms with Gasteiger partial charge in [-0.15, -0.1) is 0 Å². The van der Waals surface area contributed by atoms with Crippen LogP contribution in [0.5, 0.6) is 0 Å². The van der Waals surface area contributed by atoms with Crippen molar-refractivity contribution in [3.05, 3.63) is 48.2 Å². The van der Waals surface area contributed by atoms with E-state index in [1.54, 1.807) is 0 Å². The standard InChI is InChI=1S/C17H12F2N2O4S2/c18-17(19)26-10-5-3-9(4-6-10)21-13(22)8-12(15(21)23)27-14-11(16(24)25)2-1-7-20-14/h1-7,12,17H,8H2,(H,24,25)/p-1/t12-/m1/s1. The highest BCUT2D eigenvalue weighted by atomic mass is 32.2. The lowest BCUT2D eigenvalue weighted by atomic mass is 10.3. The topological polar surface area (TPSA) is 90.4 Å². The number of amides is 2. The van der Waals surface area contributed by atoms with Crippen LogP contribution >= 0.6 is 23.5 Å². The van der Waals surface area contributed by atoms with E-state index in [-0.39, 0.29) is 22.7 Å². The second-order valence-corrected chi connectivity index (χ2v) is 7.65. The van der Waals surface area contributed by atoms with E-state index >= 15 is 0 Å². The molecule has 1 atom stereocenters. The number of hydrogen-bond donors (Lipinski definition) is 0. The Morgan fingerprint density at radius 1 is 1.22 bits per heavy atom. The molecule has 2 heterocycles. The third-order valence-electron chi connectivity index (χ3n) is 3.67. The van der Waals surface area contributed by atoms with Crippen LogP contribution < -0.4 is 10.0 Å². The Morgan fingerprint density at radius 2 is 1.93 bits per heavy atom. The Bertz CT molecular complexity index is 893. The predicted octanol–water partition coefficient (Wildman–Crippen LogP) is 2.18. The number of anilines is 1. The first-order valence-corrected chi connectivity index (χ1v) is 9.37. The monoisotopic (exact) mass is 409 g/mol. The molecule has 27 heavy (non-hydrogen) atoms. The summed E-state index contributed by atoms with van der Waals surface area (Å²) in [6.07, 6.45) is 1.26. The number of carboxylic acid groups (broad SMARTS) is 1. The first-order valence-electron chi connectivity index (χ1n) is 7.61. The number of thioether (sulfide) groups is 2. The molecule has 1 saturated heterocycles. The maximum absolute atomic E-state index is 12.6. The van der Waals surface area contributed by atoms with Gasteiger partial charge in [-0.2, -0.15) is 8.78 Å². The number of aromatic carboxylic acids is 1. The minimum Gasteiger partial charge on any atom is -0.545 e. The van der Waals surface area contributed by atoms with Gasteiger partial charge in [0.1, 0.15) is 5.03 Å². The second kappa shape index (κ2) is 8.05. The number of pyridine rings is 1. The van der Waals surface area contributed by atoms with Crippen LogP contribution in [-0.2, 0) is 9.59 Å². The minimum atomic E-state index is -2.57. The van der Waals surface area contributed by atoms with Crippen molar-refractivity contribution in [1.82, 2.24) is 4.98 Å². The molecule has 0 bridgehead atoms. The van der Waals surface area contributed by atoms with Gasteiger partial charge < -0.3 is 9.90 Å². The molecule has 0 unspecified atom stereocenters. The summed E-state index contributed by atoms with van der Waals surface area (Å²) >= 11 is 1.24. The SMILES string of the molecule is O=C([O-])c1cccnc1S[C@@H]1CC(=O)N(c2ccc(SC(F)F)cc2)C1=O. The summed E-state index contributed by atoms with van der Waals surface area (Å²) in [5.41, 5.74) is 0.113. The Kier molecular flexibility index (Phi) is 5.76. The number of benzene rings is 1. The number of halogens is 2. The maximum atomic E-state index is 12.6. The van der Waals surface area contributed by atoms with Crippen molar-refractivity contribution in [2.24, 2.45) is 0 Å². The number of carbonyl (C=O) groups excluding carboxylic acids is 3. The number of hydrogen-bond acceptors (Lipinski definition) is 7. The highest BCUT2D eigenvalue weighted by molar-refractivity contribution is 8.00. The summed E-state index contributed by atoms with van der Waals surface area (Å²) in [4.78, 5) is 41.3. The lowest BCUT2D eigenvalue weighted by molar-refractivity contribution is -0.255. The van der Waals surface area contributed by atoms with E-state index < -0.39 is 28.8 Å². The zero-order chi connectivity index (χ0) is 19.6. The Labute approximate surface area is 161 Å². The Morgan fingerprint density at radius 3 is 2.56 bits per heavy atom. The van der Waals surface area contributed by atoms with E-state index in [9.17, 15) is 28.3 Å². The van der Waals surface area contributed by atoms with E-state index in [0.29, 0.717) is 16.7 Å². The van der Waals surface area contributed by atoms with E-state index in [1.807, 2.05) is 0 Å². The highest BCUT2D eigenvalue weighted by Gasteiger charge is 2.40. The molecular formula is C17H11F2N2O4S2-. The molecule has 2 aromatic rings. The Hall–Kier alpha value is -2.46. The van der Waals surface area contributed by atoms with Gasteiger partial charge in [0.25, 0.3) is 5.76 Å². The lowest BCUT2D eigenvalue weighted by Gasteiger charge is -2.16. The van der Waals surface area contributed by atoms with Crippen molar-refractivity contribution in [2.45, 2.75) is 27.3 Å². The molecule has 1 aromatic carbocycles. The van der Waals surface area contributed by atoms with Crippen molar-refractivity contribution < 1.29 is 28.3 Å². The average molecular weight is 409 g/mol. The van der Waals surface area contributed by atoms with Crippen LogP contribution in [0.25, 0.3) is 0 Å². The fraction of sp³-hybridized carbons (Fsp3) is 0.176. The molecule has 10 heteroatoms. The quantitative estimate of drug-likeness (QED) is 0.534. The first-order chi connectivity index (χ1) is 12.9. The van der Waals surface area contributed by atoms with E-state index in [2.05, 4.69) is 4.98 Å². The van der Waals surface area contributed by atoms with Gasteiger partial charge in [0.05, 0.1) is 16.9 Å². The van der Waals surface area contributed by atoms with Crippen molar-refractivity contribution in [3.8, 4) is 0 Å². The number of carboxylic acids is 1. The molecule has 6 nitrogen and oxygen atoms in total. The average Bonchev–Trinajstić information content (AvgIpc) is 2.89. The smallest absolute Gasteiger partial charge is 0.288 e. The summed E-state index contributed by atoms with van der Waals surface area (Å²) in [6.45, 7) is 0. The van der Waals surface area contributed by atoms with Gasteiger partial charge in [-0.25, -0.2) is 9.88 Å². The van der Waals surface area contributed by atoms with Gasteiger partial charge in [0.2, 0.25) is 11.8 Å². The largest absolute Gasteiger partial charge is 0.545 e. The van der Waals surface area contributed by atoms with Crippen LogP contribution in [0.15, 0.2) is 52.5 Å². The summed E-state index contributed by atoms with van der Waals surface area (Å²) < 4.78 is 24.8. The van der Waals surface area contributed by atoms with E-state index in [4.69, 9.17) is 0 Å². The molecule has 140 valence electrons. The third kappa shape index (κ3) is 4.28. The summed E-state index contributed by atoms with van der Waals surface area (Å²) in [7, 11) is 0. The van der Waals surface area contributed by atoms with Gasteiger partial charge in [0, 0.05) is 23.1 Å².